The van der Waals surface area contributed by atoms with Gasteiger partial charge in [-0.15, -0.1) is 0 Å². The van der Waals surface area contributed by atoms with Gasteiger partial charge in [0.2, 0.25) is 0 Å². The number of aryl methyl sites for hydroxylation is 2. The summed E-state index contributed by atoms with van der Waals surface area (Å²) in [6, 6.07) is 0. The predicted octanol–water partition coefficient (Wildman–Crippen LogP) is 1.13. The topological polar surface area (TPSA) is 61.7 Å². The van der Waals surface area contributed by atoms with Crippen molar-refractivity contribution < 1.29 is 0 Å². The molecule has 4 heteroatoms. The van der Waals surface area contributed by atoms with E-state index in [0.717, 1.165) is 22.9 Å². The Bertz CT molecular complexity index is 306. The van der Waals surface area contributed by atoms with E-state index in [1.165, 1.54) is 6.21 Å². The van der Waals surface area contributed by atoms with Crippen LogP contribution in [-0.2, 0) is 0 Å². The molecule has 0 aromatic carbocycles. The molecular formula is C8H12N4. The Kier molecular flexibility index (Phi) is 2.38. The predicted molar refractivity (Wildman–Crippen MR) is 48.9 cm³/mol. The largest absolute Gasteiger partial charge is 0.372 e. The fourth-order valence-electron chi connectivity index (χ4n) is 1.08. The van der Waals surface area contributed by atoms with Crippen LogP contribution in [0.5, 0.6) is 0 Å². The monoisotopic (exact) mass is 164 g/mol. The first-order valence-corrected chi connectivity index (χ1v) is 3.72. The van der Waals surface area contributed by atoms with Gasteiger partial charge >= 0.3 is 0 Å². The molecule has 0 aliphatic rings. The maximum Gasteiger partial charge on any atom is 0.138 e. The molecule has 0 unspecified atom stereocenters. The molecule has 0 aliphatic carbocycles. The van der Waals surface area contributed by atoms with E-state index in [-0.39, 0.29) is 0 Å². The molecule has 0 fully saturated rings. The van der Waals surface area contributed by atoms with Gasteiger partial charge in [0, 0.05) is 13.3 Å². The second-order valence-electron chi connectivity index (χ2n) is 2.51. The molecule has 0 atom stereocenters. The summed E-state index contributed by atoms with van der Waals surface area (Å²) in [4.78, 5) is 8.30. The van der Waals surface area contributed by atoms with Crippen LogP contribution in [0.3, 0.4) is 0 Å². The Balaban J connectivity index is 3.33. The zero-order valence-electron chi connectivity index (χ0n) is 7.47. The smallest absolute Gasteiger partial charge is 0.138 e. The summed E-state index contributed by atoms with van der Waals surface area (Å²) in [5, 5.41) is 10.1. The van der Waals surface area contributed by atoms with E-state index in [4.69, 9.17) is 5.41 Å². The van der Waals surface area contributed by atoms with Crippen molar-refractivity contribution in [3.05, 3.63) is 17.1 Å². The van der Waals surface area contributed by atoms with Crippen molar-refractivity contribution >= 4 is 12.0 Å². The molecule has 64 valence electrons. The molecule has 4 nitrogen and oxygen atoms in total. The molecule has 1 aromatic rings. The summed E-state index contributed by atoms with van der Waals surface area (Å²) in [7, 11) is 1.79. The molecule has 0 saturated carbocycles. The van der Waals surface area contributed by atoms with E-state index in [1.807, 2.05) is 13.8 Å². The van der Waals surface area contributed by atoms with Gasteiger partial charge in [-0.2, -0.15) is 0 Å². The Morgan fingerprint density at radius 3 is 2.50 bits per heavy atom. The van der Waals surface area contributed by atoms with Crippen molar-refractivity contribution in [3.63, 3.8) is 0 Å². The van der Waals surface area contributed by atoms with Crippen LogP contribution in [0.1, 0.15) is 17.1 Å². The highest BCUT2D eigenvalue weighted by molar-refractivity contribution is 5.85. The molecule has 0 saturated heterocycles. The van der Waals surface area contributed by atoms with Gasteiger partial charge in [0.15, 0.2) is 0 Å². The summed E-state index contributed by atoms with van der Waals surface area (Å²) in [5.41, 5.74) is 1.59. The number of aromatic nitrogens is 2. The molecule has 0 aliphatic heterocycles. The first-order chi connectivity index (χ1) is 5.69. The Hall–Kier alpha value is -1.45. The van der Waals surface area contributed by atoms with E-state index >= 15 is 0 Å². The van der Waals surface area contributed by atoms with Gasteiger partial charge in [0.05, 0.1) is 11.3 Å². The lowest BCUT2D eigenvalue weighted by Gasteiger charge is -2.06. The minimum Gasteiger partial charge on any atom is -0.372 e. The molecule has 0 radical (unpaired) electrons. The van der Waals surface area contributed by atoms with Crippen molar-refractivity contribution in [3.8, 4) is 0 Å². The third-order valence-corrected chi connectivity index (χ3v) is 1.63. The van der Waals surface area contributed by atoms with E-state index in [1.54, 1.807) is 7.05 Å². The summed E-state index contributed by atoms with van der Waals surface area (Å²) in [6.45, 7) is 3.71. The fourth-order valence-corrected chi connectivity index (χ4v) is 1.08. The van der Waals surface area contributed by atoms with E-state index in [0.29, 0.717) is 0 Å². The summed E-state index contributed by atoms with van der Waals surface area (Å²) >= 11 is 0. The van der Waals surface area contributed by atoms with E-state index < -0.39 is 0 Å². The Morgan fingerprint density at radius 1 is 1.33 bits per heavy atom. The molecular weight excluding hydrogens is 152 g/mol. The highest BCUT2D eigenvalue weighted by atomic mass is 15.0. The lowest BCUT2D eigenvalue weighted by atomic mass is 10.2. The number of nitrogens with one attached hydrogen (secondary N) is 2. The van der Waals surface area contributed by atoms with Crippen LogP contribution in [0.15, 0.2) is 0 Å². The van der Waals surface area contributed by atoms with E-state index in [2.05, 4.69) is 15.3 Å². The lowest BCUT2D eigenvalue weighted by molar-refractivity contribution is 1.01. The lowest BCUT2D eigenvalue weighted by Crippen LogP contribution is -2.04. The van der Waals surface area contributed by atoms with Crippen LogP contribution in [-0.4, -0.2) is 23.2 Å². The number of hydrogen-bond acceptors (Lipinski definition) is 4. The van der Waals surface area contributed by atoms with Crippen LogP contribution in [0.4, 0.5) is 5.82 Å². The van der Waals surface area contributed by atoms with Crippen LogP contribution < -0.4 is 5.32 Å². The van der Waals surface area contributed by atoms with Gasteiger partial charge in [0.1, 0.15) is 11.6 Å². The highest BCUT2D eigenvalue weighted by Crippen LogP contribution is 2.12. The highest BCUT2D eigenvalue weighted by Gasteiger charge is 2.05. The molecule has 0 amide bonds. The normalized spacial score (nSPS) is 9.58. The van der Waals surface area contributed by atoms with Gasteiger partial charge in [-0.05, 0) is 13.8 Å². The summed E-state index contributed by atoms with van der Waals surface area (Å²) in [5.74, 6) is 1.44. The molecule has 1 aromatic heterocycles. The fraction of sp³-hybridized carbons (Fsp3) is 0.375. The van der Waals surface area contributed by atoms with Gasteiger partial charge < -0.3 is 10.7 Å². The third-order valence-electron chi connectivity index (χ3n) is 1.63. The first kappa shape index (κ1) is 8.64. The average molecular weight is 164 g/mol. The first-order valence-electron chi connectivity index (χ1n) is 3.72. The van der Waals surface area contributed by atoms with Crippen LogP contribution in [0, 0.1) is 19.3 Å². The molecule has 2 N–H and O–H groups in total. The zero-order valence-corrected chi connectivity index (χ0v) is 7.47. The van der Waals surface area contributed by atoms with Crippen molar-refractivity contribution in [2.75, 3.05) is 12.4 Å². The average Bonchev–Trinajstić information content (AvgIpc) is 2.03. The quantitative estimate of drug-likeness (QED) is 0.644. The molecule has 0 spiro atoms. The number of rotatable bonds is 2. The van der Waals surface area contributed by atoms with Crippen LogP contribution in [0.25, 0.3) is 0 Å². The zero-order chi connectivity index (χ0) is 9.14. The Labute approximate surface area is 71.6 Å². The minimum atomic E-state index is 0.718. The molecule has 0 bridgehead atoms. The molecule has 12 heavy (non-hydrogen) atoms. The SMILES string of the molecule is CNc1nc(C)nc(C)c1C=N. The second-order valence-corrected chi connectivity index (χ2v) is 2.51. The van der Waals surface area contributed by atoms with Gasteiger partial charge in [0.25, 0.3) is 0 Å². The van der Waals surface area contributed by atoms with Crippen molar-refractivity contribution in [2.45, 2.75) is 13.8 Å². The third kappa shape index (κ3) is 1.42. The number of hydrogen-bond donors (Lipinski definition) is 2. The molecule has 1 rings (SSSR count). The minimum absolute atomic E-state index is 0.718. The van der Waals surface area contributed by atoms with Gasteiger partial charge in [-0.25, -0.2) is 9.97 Å². The standard InChI is InChI=1S/C8H12N4/c1-5-7(4-9)8(10-3)12-6(2)11-5/h4,9H,1-3H3,(H,10,11,12). The van der Waals surface area contributed by atoms with Crippen molar-refractivity contribution in [1.29, 1.82) is 5.41 Å². The maximum atomic E-state index is 7.15. The molecule has 1 heterocycles. The van der Waals surface area contributed by atoms with Crippen LogP contribution >= 0.6 is 0 Å². The van der Waals surface area contributed by atoms with E-state index in [9.17, 15) is 0 Å². The second kappa shape index (κ2) is 3.30. The van der Waals surface area contributed by atoms with Crippen molar-refractivity contribution in [1.82, 2.24) is 9.97 Å². The van der Waals surface area contributed by atoms with Crippen molar-refractivity contribution in [2.24, 2.45) is 0 Å². The maximum absolute atomic E-state index is 7.15. The number of nitrogens with zero attached hydrogens (tertiary/aromatic N) is 2. The summed E-state index contributed by atoms with van der Waals surface area (Å²) < 4.78 is 0. The summed E-state index contributed by atoms with van der Waals surface area (Å²) in [6.07, 6.45) is 1.26. The Morgan fingerprint density at radius 2 is 2.00 bits per heavy atom. The van der Waals surface area contributed by atoms with Gasteiger partial charge in [-0.1, -0.05) is 0 Å². The van der Waals surface area contributed by atoms with Crippen LogP contribution in [0.2, 0.25) is 0 Å². The number of anilines is 1. The van der Waals surface area contributed by atoms with Gasteiger partial charge in [-0.3, -0.25) is 0 Å².